The first-order valence-corrected chi connectivity index (χ1v) is 3.67. The molecule has 0 amide bonds. The molecule has 1 atom stereocenters. The molecule has 0 bridgehead atoms. The number of halogens is 1. The molecule has 0 spiro atoms. The Morgan fingerprint density at radius 2 is 2.40 bits per heavy atom. The van der Waals surface area contributed by atoms with Gasteiger partial charge in [0.2, 0.25) is 0 Å². The van der Waals surface area contributed by atoms with Crippen molar-refractivity contribution in [2.45, 2.75) is 12.8 Å². The van der Waals surface area contributed by atoms with E-state index in [1.807, 2.05) is 0 Å². The monoisotopic (exact) mass is 147 g/mol. The van der Waals surface area contributed by atoms with Crippen molar-refractivity contribution < 1.29 is 9.13 Å². The molecule has 1 unspecified atom stereocenters. The van der Waals surface area contributed by atoms with Gasteiger partial charge in [0.1, 0.15) is 0 Å². The molecule has 10 heavy (non-hydrogen) atoms. The van der Waals surface area contributed by atoms with Gasteiger partial charge in [0, 0.05) is 18.6 Å². The highest BCUT2D eigenvalue weighted by Crippen LogP contribution is 2.27. The van der Waals surface area contributed by atoms with Crippen LogP contribution in [0.3, 0.4) is 0 Å². The van der Waals surface area contributed by atoms with E-state index in [4.69, 9.17) is 10.5 Å². The molecule has 1 rings (SSSR count). The molecule has 0 aliphatic carbocycles. The van der Waals surface area contributed by atoms with E-state index in [1.165, 1.54) is 0 Å². The maximum Gasteiger partial charge on any atom is 0.0984 e. The number of alkyl halides is 1. The van der Waals surface area contributed by atoms with Crippen molar-refractivity contribution in [3.63, 3.8) is 0 Å². The molecule has 0 aromatic heterocycles. The predicted octanol–water partition coefficient (Wildman–Crippen LogP) is 0.711. The molecule has 2 N–H and O–H groups in total. The van der Waals surface area contributed by atoms with Crippen LogP contribution in [0.15, 0.2) is 0 Å². The van der Waals surface area contributed by atoms with E-state index in [2.05, 4.69) is 0 Å². The minimum atomic E-state index is -0.349. The van der Waals surface area contributed by atoms with Gasteiger partial charge in [0.15, 0.2) is 0 Å². The van der Waals surface area contributed by atoms with E-state index in [9.17, 15) is 4.39 Å². The Bertz CT molecular complexity index is 95.8. The Labute approximate surface area is 60.5 Å². The summed E-state index contributed by atoms with van der Waals surface area (Å²) in [5.41, 5.74) is 5.08. The number of hydrogen-bond acceptors (Lipinski definition) is 2. The van der Waals surface area contributed by atoms with Crippen molar-refractivity contribution in [1.29, 1.82) is 0 Å². The van der Waals surface area contributed by atoms with E-state index in [0.717, 1.165) is 19.4 Å². The zero-order chi connectivity index (χ0) is 7.45. The molecule has 3 heteroatoms. The van der Waals surface area contributed by atoms with E-state index in [-0.39, 0.29) is 12.1 Å². The predicted molar refractivity (Wildman–Crippen MR) is 37.5 cm³/mol. The van der Waals surface area contributed by atoms with Crippen LogP contribution in [0, 0.1) is 5.41 Å². The SMILES string of the molecule is NCC1(CF)CCCOC1. The Morgan fingerprint density at radius 3 is 2.70 bits per heavy atom. The molecular weight excluding hydrogens is 133 g/mol. The van der Waals surface area contributed by atoms with Crippen molar-refractivity contribution in [2.75, 3.05) is 26.4 Å². The first kappa shape index (κ1) is 7.95. The van der Waals surface area contributed by atoms with Gasteiger partial charge < -0.3 is 10.5 Å². The maximum absolute atomic E-state index is 12.4. The lowest BCUT2D eigenvalue weighted by Crippen LogP contribution is -2.40. The highest BCUT2D eigenvalue weighted by molar-refractivity contribution is 4.81. The van der Waals surface area contributed by atoms with Gasteiger partial charge in [-0.1, -0.05) is 0 Å². The zero-order valence-corrected chi connectivity index (χ0v) is 6.11. The summed E-state index contributed by atoms with van der Waals surface area (Å²) in [5.74, 6) is 0. The number of hydrogen-bond donors (Lipinski definition) is 1. The van der Waals surface area contributed by atoms with Gasteiger partial charge in [-0.2, -0.15) is 0 Å². The third-order valence-corrected chi connectivity index (χ3v) is 2.12. The lowest BCUT2D eigenvalue weighted by Gasteiger charge is -2.32. The fraction of sp³-hybridized carbons (Fsp3) is 1.00. The first-order valence-electron chi connectivity index (χ1n) is 3.67. The van der Waals surface area contributed by atoms with Crippen molar-refractivity contribution in [2.24, 2.45) is 11.1 Å². The minimum Gasteiger partial charge on any atom is -0.381 e. The summed E-state index contributed by atoms with van der Waals surface area (Å²) >= 11 is 0. The molecule has 1 aliphatic rings. The summed E-state index contributed by atoms with van der Waals surface area (Å²) in [6.07, 6.45) is 1.82. The number of nitrogens with two attached hydrogens (primary N) is 1. The van der Waals surface area contributed by atoms with Crippen LogP contribution < -0.4 is 5.73 Å². The van der Waals surface area contributed by atoms with Crippen molar-refractivity contribution in [3.8, 4) is 0 Å². The molecule has 0 saturated carbocycles. The standard InChI is InChI=1S/C7H14FNO/c8-4-7(5-9)2-1-3-10-6-7/h1-6,9H2. The minimum absolute atomic E-state index is 0.344. The third-order valence-electron chi connectivity index (χ3n) is 2.12. The normalized spacial score (nSPS) is 34.2. The second-order valence-electron chi connectivity index (χ2n) is 2.99. The number of rotatable bonds is 2. The Kier molecular flexibility index (Phi) is 2.63. The molecule has 1 saturated heterocycles. The van der Waals surface area contributed by atoms with Gasteiger partial charge in [-0.3, -0.25) is 4.39 Å². The molecule has 1 fully saturated rings. The fourth-order valence-electron chi connectivity index (χ4n) is 1.23. The molecule has 0 aromatic carbocycles. The molecule has 0 aromatic rings. The highest BCUT2D eigenvalue weighted by Gasteiger charge is 2.31. The lowest BCUT2D eigenvalue weighted by molar-refractivity contribution is -0.0154. The van der Waals surface area contributed by atoms with Crippen LogP contribution >= 0.6 is 0 Å². The van der Waals surface area contributed by atoms with Crippen molar-refractivity contribution in [1.82, 2.24) is 0 Å². The smallest absolute Gasteiger partial charge is 0.0984 e. The van der Waals surface area contributed by atoms with Gasteiger partial charge in [-0.05, 0) is 12.8 Å². The Hall–Kier alpha value is -0.150. The van der Waals surface area contributed by atoms with E-state index in [0.29, 0.717) is 13.2 Å². The first-order chi connectivity index (χ1) is 4.83. The second-order valence-corrected chi connectivity index (χ2v) is 2.99. The van der Waals surface area contributed by atoms with Crippen LogP contribution in [0.2, 0.25) is 0 Å². The second kappa shape index (κ2) is 3.30. The van der Waals surface area contributed by atoms with Crippen molar-refractivity contribution >= 4 is 0 Å². The quantitative estimate of drug-likeness (QED) is 0.624. The molecule has 2 nitrogen and oxygen atoms in total. The molecule has 1 aliphatic heterocycles. The zero-order valence-electron chi connectivity index (χ0n) is 6.11. The molecule has 60 valence electrons. The van der Waals surface area contributed by atoms with Crippen LogP contribution in [-0.2, 0) is 4.74 Å². The van der Waals surface area contributed by atoms with Crippen LogP contribution in [0.4, 0.5) is 4.39 Å². The Morgan fingerprint density at radius 1 is 1.60 bits per heavy atom. The maximum atomic E-state index is 12.4. The summed E-state index contributed by atoms with van der Waals surface area (Å²) in [5, 5.41) is 0. The van der Waals surface area contributed by atoms with Gasteiger partial charge in [-0.25, -0.2) is 0 Å². The average molecular weight is 147 g/mol. The lowest BCUT2D eigenvalue weighted by atomic mass is 9.84. The summed E-state index contributed by atoms with van der Waals surface area (Å²) in [6.45, 7) is 1.33. The number of ether oxygens (including phenoxy) is 1. The Balaban J connectivity index is 2.44. The van der Waals surface area contributed by atoms with Gasteiger partial charge in [-0.15, -0.1) is 0 Å². The van der Waals surface area contributed by atoms with E-state index >= 15 is 0 Å². The van der Waals surface area contributed by atoms with Gasteiger partial charge in [0.25, 0.3) is 0 Å². The summed E-state index contributed by atoms with van der Waals surface area (Å²) < 4.78 is 17.5. The van der Waals surface area contributed by atoms with Crippen LogP contribution in [-0.4, -0.2) is 26.4 Å². The van der Waals surface area contributed by atoms with Crippen LogP contribution in [0.1, 0.15) is 12.8 Å². The largest absolute Gasteiger partial charge is 0.381 e. The van der Waals surface area contributed by atoms with Crippen LogP contribution in [0.25, 0.3) is 0 Å². The molecule has 1 heterocycles. The summed E-state index contributed by atoms with van der Waals surface area (Å²) in [4.78, 5) is 0. The van der Waals surface area contributed by atoms with E-state index < -0.39 is 0 Å². The summed E-state index contributed by atoms with van der Waals surface area (Å²) in [6, 6.07) is 0. The summed E-state index contributed by atoms with van der Waals surface area (Å²) in [7, 11) is 0. The molecule has 0 radical (unpaired) electrons. The van der Waals surface area contributed by atoms with Gasteiger partial charge in [0.05, 0.1) is 13.3 Å². The van der Waals surface area contributed by atoms with Gasteiger partial charge >= 0.3 is 0 Å². The highest BCUT2D eigenvalue weighted by atomic mass is 19.1. The third kappa shape index (κ3) is 1.47. The fourth-order valence-corrected chi connectivity index (χ4v) is 1.23. The molecular formula is C7H14FNO. The average Bonchev–Trinajstić information content (AvgIpc) is 2.06. The van der Waals surface area contributed by atoms with Crippen molar-refractivity contribution in [3.05, 3.63) is 0 Å². The van der Waals surface area contributed by atoms with Crippen LogP contribution in [0.5, 0.6) is 0 Å². The topological polar surface area (TPSA) is 35.2 Å². The van der Waals surface area contributed by atoms with E-state index in [1.54, 1.807) is 0 Å².